The topological polar surface area (TPSA) is 169 Å². The molecule has 1 aromatic heterocycles. The molecule has 0 radical (unpaired) electrons. The van der Waals surface area contributed by atoms with Gasteiger partial charge in [0.15, 0.2) is 0 Å². The van der Waals surface area contributed by atoms with Crippen LogP contribution in [0.4, 0.5) is 18.0 Å². The van der Waals surface area contributed by atoms with Crippen LogP contribution in [0.5, 0.6) is 0 Å². The maximum absolute atomic E-state index is 14.3. The van der Waals surface area contributed by atoms with Crippen LogP contribution >= 0.6 is 0 Å². The Labute approximate surface area is 310 Å². The van der Waals surface area contributed by atoms with Crippen molar-refractivity contribution < 1.29 is 42.2 Å². The quantitative estimate of drug-likeness (QED) is 0.271. The highest BCUT2D eigenvalue weighted by Crippen LogP contribution is 2.45. The van der Waals surface area contributed by atoms with Gasteiger partial charge in [-0.15, -0.1) is 10.2 Å². The van der Waals surface area contributed by atoms with Gasteiger partial charge in [0.05, 0.1) is 12.5 Å². The van der Waals surface area contributed by atoms with Gasteiger partial charge in [0.25, 0.3) is 0 Å². The summed E-state index contributed by atoms with van der Waals surface area (Å²) >= 11 is 0. The molecule has 3 heterocycles. The monoisotopic (exact) mass is 751 g/mol. The molecule has 16 heteroatoms. The zero-order valence-electron chi connectivity index (χ0n) is 30.3. The van der Waals surface area contributed by atoms with Gasteiger partial charge in [0.2, 0.25) is 17.6 Å². The molecular weight excluding hydrogens is 707 g/mol. The summed E-state index contributed by atoms with van der Waals surface area (Å²) in [5.74, 6) is -2.45. The van der Waals surface area contributed by atoms with Crippen molar-refractivity contribution in [1.29, 1.82) is 0 Å². The van der Waals surface area contributed by atoms with Crippen LogP contribution < -0.4 is 10.6 Å². The molecule has 2 aromatic carbocycles. The van der Waals surface area contributed by atoms with E-state index in [4.69, 9.17) is 4.74 Å². The van der Waals surface area contributed by atoms with Crippen molar-refractivity contribution in [3.05, 3.63) is 66.2 Å². The van der Waals surface area contributed by atoms with Crippen molar-refractivity contribution in [3.8, 4) is 22.5 Å². The number of carboxylic acids is 1. The Hall–Kier alpha value is -5.28. The van der Waals surface area contributed by atoms with Crippen molar-refractivity contribution in [2.24, 2.45) is 5.92 Å². The van der Waals surface area contributed by atoms with Crippen LogP contribution in [0.15, 0.2) is 60.7 Å². The SMILES string of the molecule is CC(C)(C)OC(=O)N[C@H]1CCCCC/C=C\[C@@H]2C[C@@]2(C(=O)O)NC(=O)[C@@H]2C[C@@H](n3nnc(-c4cccc(-c5ccc(CC(F)(F)F)cc5)c4)n3)CN2C1=O. The molecule has 1 saturated carbocycles. The smallest absolute Gasteiger partial charge is 0.408 e. The van der Waals surface area contributed by atoms with Crippen molar-refractivity contribution in [2.75, 3.05) is 6.54 Å². The number of tetrazole rings is 1. The van der Waals surface area contributed by atoms with E-state index in [1.807, 2.05) is 18.2 Å². The van der Waals surface area contributed by atoms with Crippen LogP contribution in [0.1, 0.15) is 77.3 Å². The Morgan fingerprint density at radius 2 is 1.78 bits per heavy atom. The highest BCUT2D eigenvalue weighted by Gasteiger charge is 2.61. The normalized spacial score (nSPS) is 25.7. The first-order chi connectivity index (χ1) is 25.5. The number of carbonyl (C=O) groups excluding carboxylic acids is 3. The van der Waals surface area contributed by atoms with E-state index >= 15 is 0 Å². The van der Waals surface area contributed by atoms with Crippen LogP contribution in [-0.4, -0.2) is 90.0 Å². The van der Waals surface area contributed by atoms with Crippen LogP contribution in [0.3, 0.4) is 0 Å². The Morgan fingerprint density at radius 3 is 2.48 bits per heavy atom. The molecule has 3 amide bonds. The van der Waals surface area contributed by atoms with Crippen molar-refractivity contribution >= 4 is 23.9 Å². The van der Waals surface area contributed by atoms with Gasteiger partial charge in [0, 0.05) is 24.4 Å². The van der Waals surface area contributed by atoms with Crippen LogP contribution in [-0.2, 0) is 25.5 Å². The van der Waals surface area contributed by atoms with E-state index in [2.05, 4.69) is 26.0 Å². The number of nitrogens with zero attached hydrogens (tertiary/aromatic N) is 5. The van der Waals surface area contributed by atoms with Crippen molar-refractivity contribution in [3.63, 3.8) is 0 Å². The second kappa shape index (κ2) is 15.2. The molecule has 6 rings (SSSR count). The standard InChI is InChI=1S/C38H44F3N7O6/c1-36(2,3)54-35(53)42-29-13-8-6-4-5-7-12-27-21-37(27,34(51)52)43-32(49)30-19-28(22-47(30)33(29)50)48-45-31(44-46-48)26-11-9-10-25(18-26)24-16-14-23(15-17-24)20-38(39,40)41/h7,9-12,14-18,27-30H,4-6,8,13,19-22H2,1-3H3,(H,42,53)(H,43,49)(H,51,52)/b12-7-/t27-,28-,29+,30+,37-/m1/s1. The maximum Gasteiger partial charge on any atom is 0.408 e. The third-order valence-corrected chi connectivity index (χ3v) is 9.90. The molecule has 2 fully saturated rings. The van der Waals surface area contributed by atoms with Gasteiger partial charge < -0.3 is 25.4 Å². The number of hydrogen-bond acceptors (Lipinski definition) is 8. The van der Waals surface area contributed by atoms with Crippen molar-refractivity contribution in [2.45, 2.75) is 108 Å². The molecule has 1 aliphatic carbocycles. The summed E-state index contributed by atoms with van der Waals surface area (Å²) in [6.07, 6.45) is 1.12. The largest absolute Gasteiger partial charge is 0.479 e. The fraction of sp³-hybridized carbons (Fsp3) is 0.500. The second-order valence-corrected chi connectivity index (χ2v) is 15.2. The lowest BCUT2D eigenvalue weighted by molar-refractivity contribution is -0.145. The number of alkyl halides is 3. The zero-order valence-corrected chi connectivity index (χ0v) is 30.3. The third kappa shape index (κ3) is 9.08. The molecule has 5 atom stereocenters. The molecule has 288 valence electrons. The van der Waals surface area contributed by atoms with E-state index in [9.17, 15) is 37.5 Å². The van der Waals surface area contributed by atoms with Gasteiger partial charge in [-0.2, -0.15) is 18.0 Å². The number of aliphatic carboxylic acids is 1. The predicted octanol–water partition coefficient (Wildman–Crippen LogP) is 5.63. The predicted molar refractivity (Wildman–Crippen MR) is 190 cm³/mol. The average molecular weight is 752 g/mol. The minimum Gasteiger partial charge on any atom is -0.479 e. The van der Waals surface area contributed by atoms with Gasteiger partial charge in [-0.05, 0) is 74.4 Å². The lowest BCUT2D eigenvalue weighted by atomic mass is 10.0. The molecule has 1 saturated heterocycles. The number of carboxylic acid groups (broad SMARTS) is 1. The molecule has 13 nitrogen and oxygen atoms in total. The summed E-state index contributed by atoms with van der Waals surface area (Å²) in [6, 6.07) is 10.5. The van der Waals surface area contributed by atoms with Gasteiger partial charge >= 0.3 is 18.2 Å². The number of rotatable bonds is 6. The number of fused-ring (bicyclic) bond motifs is 2. The lowest BCUT2D eigenvalue weighted by Crippen LogP contribution is -2.56. The third-order valence-electron chi connectivity index (χ3n) is 9.90. The number of amides is 3. The minimum absolute atomic E-state index is 0.0209. The summed E-state index contributed by atoms with van der Waals surface area (Å²) in [7, 11) is 0. The zero-order chi connectivity index (χ0) is 38.8. The van der Waals surface area contributed by atoms with E-state index in [0.29, 0.717) is 30.4 Å². The van der Waals surface area contributed by atoms with E-state index in [-0.39, 0.29) is 36.7 Å². The Balaban J connectivity index is 1.26. The minimum atomic E-state index is -4.31. The second-order valence-electron chi connectivity index (χ2n) is 15.2. The molecule has 0 unspecified atom stereocenters. The number of hydrogen-bond donors (Lipinski definition) is 3. The fourth-order valence-corrected chi connectivity index (χ4v) is 7.07. The molecule has 0 spiro atoms. The molecule has 0 bridgehead atoms. The lowest BCUT2D eigenvalue weighted by Gasteiger charge is -2.30. The number of alkyl carbamates (subject to hydrolysis) is 1. The highest BCUT2D eigenvalue weighted by molar-refractivity contribution is 5.96. The Bertz CT molecular complexity index is 1910. The number of carbonyl (C=O) groups is 4. The van der Waals surface area contributed by atoms with E-state index in [1.54, 1.807) is 51.1 Å². The number of aromatic nitrogens is 4. The Morgan fingerprint density at radius 1 is 1.04 bits per heavy atom. The van der Waals surface area contributed by atoms with Gasteiger partial charge in [-0.3, -0.25) is 9.59 Å². The molecule has 2 aliphatic heterocycles. The number of nitrogens with one attached hydrogen (secondary N) is 2. The van der Waals surface area contributed by atoms with E-state index < -0.39 is 65.7 Å². The number of halogens is 3. The summed E-state index contributed by atoms with van der Waals surface area (Å²) in [6.45, 7) is 5.11. The van der Waals surface area contributed by atoms with Crippen LogP contribution in [0.25, 0.3) is 22.5 Å². The first-order valence-corrected chi connectivity index (χ1v) is 18.1. The summed E-state index contributed by atoms with van der Waals surface area (Å²) in [4.78, 5) is 56.3. The van der Waals surface area contributed by atoms with Crippen molar-refractivity contribution in [1.82, 2.24) is 35.7 Å². The van der Waals surface area contributed by atoms with E-state index in [1.165, 1.54) is 21.8 Å². The molecular formula is C38H44F3N7O6. The fourth-order valence-electron chi connectivity index (χ4n) is 7.07. The Kier molecular flexibility index (Phi) is 10.8. The average Bonchev–Trinajstić information content (AvgIpc) is 3.40. The van der Waals surface area contributed by atoms with Crippen LogP contribution in [0.2, 0.25) is 0 Å². The van der Waals surface area contributed by atoms with E-state index in [0.717, 1.165) is 18.4 Å². The molecule has 3 aromatic rings. The molecule has 54 heavy (non-hydrogen) atoms. The van der Waals surface area contributed by atoms with Gasteiger partial charge in [0.1, 0.15) is 23.2 Å². The summed E-state index contributed by atoms with van der Waals surface area (Å²) in [5, 5.41) is 28.7. The number of ether oxygens (including phenoxy) is 1. The van der Waals surface area contributed by atoms with Gasteiger partial charge in [-0.1, -0.05) is 67.5 Å². The first kappa shape index (κ1) is 38.4. The first-order valence-electron chi connectivity index (χ1n) is 18.1. The van der Waals surface area contributed by atoms with Gasteiger partial charge in [-0.25, -0.2) is 9.59 Å². The highest BCUT2D eigenvalue weighted by atomic mass is 19.4. The van der Waals surface area contributed by atoms with Crippen LogP contribution in [0, 0.1) is 5.92 Å². The molecule has 3 aliphatic rings. The number of allylic oxidation sites excluding steroid dienone is 1. The summed E-state index contributed by atoms with van der Waals surface area (Å²) < 4.78 is 44.0. The summed E-state index contributed by atoms with van der Waals surface area (Å²) in [5.41, 5.74) is -0.156. The number of benzene rings is 2. The maximum atomic E-state index is 14.3. The molecule has 3 N–H and O–H groups in total.